The van der Waals surface area contributed by atoms with E-state index in [2.05, 4.69) is 9.62 Å². The van der Waals surface area contributed by atoms with Gasteiger partial charge in [-0.05, 0) is 44.0 Å². The van der Waals surface area contributed by atoms with E-state index in [9.17, 15) is 8.42 Å². The van der Waals surface area contributed by atoms with Gasteiger partial charge in [-0.25, -0.2) is 13.1 Å². The fourth-order valence-corrected chi connectivity index (χ4v) is 4.26. The molecule has 1 N–H and O–H groups in total. The van der Waals surface area contributed by atoms with Gasteiger partial charge >= 0.3 is 0 Å². The molecule has 2 unspecified atom stereocenters. The van der Waals surface area contributed by atoms with Gasteiger partial charge in [0, 0.05) is 12.4 Å². The molecule has 2 atom stereocenters. The summed E-state index contributed by atoms with van der Waals surface area (Å²) in [6, 6.07) is 3.70. The molecule has 0 bridgehead atoms. The molecule has 1 aliphatic rings. The van der Waals surface area contributed by atoms with Crippen LogP contribution in [0, 0.1) is 5.92 Å². The molecular formula is C14H23ClN2O3S. The Morgan fingerprint density at radius 3 is 2.71 bits per heavy atom. The van der Waals surface area contributed by atoms with Crippen LogP contribution in [-0.2, 0) is 10.0 Å². The molecule has 1 aromatic rings. The molecule has 120 valence electrons. The van der Waals surface area contributed by atoms with E-state index >= 15 is 0 Å². The minimum absolute atomic E-state index is 0.0383. The van der Waals surface area contributed by atoms with Crippen LogP contribution in [0.25, 0.3) is 0 Å². The molecule has 0 saturated carbocycles. The smallest absolute Gasteiger partial charge is 0.211 e. The number of likely N-dealkylation sites (tertiary alicyclic amines) is 1. The molecular weight excluding hydrogens is 312 g/mol. The summed E-state index contributed by atoms with van der Waals surface area (Å²) in [7, 11) is -3.31. The van der Waals surface area contributed by atoms with Gasteiger partial charge < -0.3 is 4.42 Å². The Bertz CT molecular complexity index is 512. The number of hydrogen-bond donors (Lipinski definition) is 1. The van der Waals surface area contributed by atoms with E-state index in [0.29, 0.717) is 12.4 Å². The number of nitrogens with one attached hydrogen (secondary N) is 1. The molecule has 0 amide bonds. The van der Waals surface area contributed by atoms with Gasteiger partial charge in [0.1, 0.15) is 5.76 Å². The Labute approximate surface area is 131 Å². The Morgan fingerprint density at radius 1 is 1.43 bits per heavy atom. The van der Waals surface area contributed by atoms with Crippen LogP contribution in [0.15, 0.2) is 22.8 Å². The van der Waals surface area contributed by atoms with Crippen molar-refractivity contribution in [2.75, 3.05) is 31.3 Å². The van der Waals surface area contributed by atoms with Gasteiger partial charge in [-0.1, -0.05) is 6.92 Å². The molecule has 1 aliphatic heterocycles. The van der Waals surface area contributed by atoms with E-state index in [4.69, 9.17) is 16.0 Å². The van der Waals surface area contributed by atoms with Gasteiger partial charge in [-0.2, -0.15) is 0 Å². The van der Waals surface area contributed by atoms with Crippen molar-refractivity contribution in [2.24, 2.45) is 5.92 Å². The SMILES string of the molecule is CC(CCl)CS(=O)(=O)NCC(c1ccco1)N1CCCC1. The lowest BCUT2D eigenvalue weighted by Gasteiger charge is -2.26. The maximum Gasteiger partial charge on any atom is 0.211 e. The first-order valence-electron chi connectivity index (χ1n) is 7.32. The van der Waals surface area contributed by atoms with E-state index in [0.717, 1.165) is 31.7 Å². The van der Waals surface area contributed by atoms with Crippen molar-refractivity contribution in [2.45, 2.75) is 25.8 Å². The summed E-state index contributed by atoms with van der Waals surface area (Å²) in [5, 5.41) is 0. The van der Waals surface area contributed by atoms with Crippen molar-refractivity contribution < 1.29 is 12.8 Å². The molecule has 21 heavy (non-hydrogen) atoms. The van der Waals surface area contributed by atoms with Crippen LogP contribution in [0.3, 0.4) is 0 Å². The lowest BCUT2D eigenvalue weighted by atomic mass is 10.2. The second kappa shape index (κ2) is 7.63. The molecule has 0 aliphatic carbocycles. The third kappa shape index (κ3) is 4.98. The number of hydrogen-bond acceptors (Lipinski definition) is 4. The van der Waals surface area contributed by atoms with Crippen molar-refractivity contribution in [3.05, 3.63) is 24.2 Å². The molecule has 0 radical (unpaired) electrons. The quantitative estimate of drug-likeness (QED) is 0.740. The summed E-state index contributed by atoms with van der Waals surface area (Å²) in [4.78, 5) is 2.27. The second-order valence-corrected chi connectivity index (χ2v) is 7.82. The van der Waals surface area contributed by atoms with Gasteiger partial charge in [0.25, 0.3) is 0 Å². The van der Waals surface area contributed by atoms with Crippen LogP contribution in [-0.4, -0.2) is 44.6 Å². The van der Waals surface area contributed by atoms with Crippen LogP contribution >= 0.6 is 11.6 Å². The highest BCUT2D eigenvalue weighted by molar-refractivity contribution is 7.89. The largest absolute Gasteiger partial charge is 0.468 e. The van der Waals surface area contributed by atoms with Crippen molar-refractivity contribution in [1.29, 1.82) is 0 Å². The summed E-state index contributed by atoms with van der Waals surface area (Å²) < 4.78 is 32.3. The van der Waals surface area contributed by atoms with Crippen LogP contribution in [0.4, 0.5) is 0 Å². The highest BCUT2D eigenvalue weighted by atomic mass is 35.5. The summed E-state index contributed by atoms with van der Waals surface area (Å²) in [5.41, 5.74) is 0. The van der Waals surface area contributed by atoms with Gasteiger partial charge in [0.05, 0.1) is 18.1 Å². The third-order valence-corrected chi connectivity index (χ3v) is 5.86. The average molecular weight is 335 g/mol. The maximum absolute atomic E-state index is 12.1. The Balaban J connectivity index is 1.99. The predicted octanol–water partition coefficient (Wildman–Crippen LogP) is 2.21. The molecule has 0 aromatic carbocycles. The molecule has 5 nitrogen and oxygen atoms in total. The Morgan fingerprint density at radius 2 is 2.14 bits per heavy atom. The fraction of sp³-hybridized carbons (Fsp3) is 0.714. The number of alkyl halides is 1. The first-order chi connectivity index (χ1) is 10.0. The molecule has 1 saturated heterocycles. The standard InChI is InChI=1S/C14H23ClN2O3S/c1-12(9-15)11-21(18,19)16-10-13(14-5-4-8-20-14)17-6-2-3-7-17/h4-5,8,12-13,16H,2-3,6-7,9-11H2,1H3. The van der Waals surface area contributed by atoms with Crippen molar-refractivity contribution in [3.63, 3.8) is 0 Å². The van der Waals surface area contributed by atoms with E-state index in [1.165, 1.54) is 0 Å². The minimum Gasteiger partial charge on any atom is -0.468 e. The zero-order valence-electron chi connectivity index (χ0n) is 12.3. The fourth-order valence-electron chi connectivity index (χ4n) is 2.63. The highest BCUT2D eigenvalue weighted by Gasteiger charge is 2.27. The number of sulfonamides is 1. The van der Waals surface area contributed by atoms with Crippen LogP contribution < -0.4 is 4.72 Å². The first-order valence-corrected chi connectivity index (χ1v) is 9.51. The van der Waals surface area contributed by atoms with Crippen molar-refractivity contribution in [3.8, 4) is 0 Å². The summed E-state index contributed by atoms with van der Waals surface area (Å²) in [6.45, 7) is 4.12. The van der Waals surface area contributed by atoms with Gasteiger partial charge in [0.15, 0.2) is 0 Å². The molecule has 1 fully saturated rings. The lowest BCUT2D eigenvalue weighted by molar-refractivity contribution is 0.216. The minimum atomic E-state index is -3.31. The van der Waals surface area contributed by atoms with E-state index < -0.39 is 10.0 Å². The predicted molar refractivity (Wildman–Crippen MR) is 83.9 cm³/mol. The van der Waals surface area contributed by atoms with Crippen molar-refractivity contribution in [1.82, 2.24) is 9.62 Å². The average Bonchev–Trinajstić information content (AvgIpc) is 3.11. The molecule has 2 rings (SSSR count). The number of furan rings is 1. The van der Waals surface area contributed by atoms with Crippen molar-refractivity contribution >= 4 is 21.6 Å². The van der Waals surface area contributed by atoms with Crippen LogP contribution in [0.5, 0.6) is 0 Å². The normalized spacial score (nSPS) is 19.7. The molecule has 1 aromatic heterocycles. The molecule has 0 spiro atoms. The summed E-state index contributed by atoms with van der Waals surface area (Å²) >= 11 is 5.69. The third-order valence-electron chi connectivity index (χ3n) is 3.72. The second-order valence-electron chi connectivity index (χ2n) is 5.66. The van der Waals surface area contributed by atoms with E-state index in [1.54, 1.807) is 6.26 Å². The van der Waals surface area contributed by atoms with E-state index in [-0.39, 0.29) is 17.7 Å². The lowest BCUT2D eigenvalue weighted by Crippen LogP contribution is -2.38. The Hall–Kier alpha value is -0.560. The maximum atomic E-state index is 12.1. The van der Waals surface area contributed by atoms with Crippen LogP contribution in [0.2, 0.25) is 0 Å². The first kappa shape index (κ1) is 16.8. The number of rotatable bonds is 8. The molecule has 2 heterocycles. The van der Waals surface area contributed by atoms with Gasteiger partial charge in [0.2, 0.25) is 10.0 Å². The highest BCUT2D eigenvalue weighted by Crippen LogP contribution is 2.25. The number of nitrogens with zero attached hydrogens (tertiary/aromatic N) is 1. The van der Waals surface area contributed by atoms with Gasteiger partial charge in [-0.3, -0.25) is 4.90 Å². The summed E-state index contributed by atoms with van der Waals surface area (Å²) in [5.74, 6) is 1.15. The topological polar surface area (TPSA) is 62.6 Å². The van der Waals surface area contributed by atoms with E-state index in [1.807, 2.05) is 19.1 Å². The summed E-state index contributed by atoms with van der Waals surface area (Å²) in [6.07, 6.45) is 3.92. The van der Waals surface area contributed by atoms with Gasteiger partial charge in [-0.15, -0.1) is 11.6 Å². The zero-order chi connectivity index (χ0) is 15.3. The zero-order valence-corrected chi connectivity index (χ0v) is 13.9. The Kier molecular flexibility index (Phi) is 6.10. The molecule has 7 heteroatoms. The number of halogens is 1. The van der Waals surface area contributed by atoms with Crippen LogP contribution in [0.1, 0.15) is 31.6 Å². The monoisotopic (exact) mass is 334 g/mol.